The lowest BCUT2D eigenvalue weighted by molar-refractivity contribution is -0.193. The Labute approximate surface area is 96.9 Å². The maximum absolute atomic E-state index is 12.0. The van der Waals surface area contributed by atoms with Crippen LogP contribution in [0.1, 0.15) is 39.0 Å². The van der Waals surface area contributed by atoms with Crippen molar-refractivity contribution in [3.8, 4) is 0 Å². The number of hydrogen-bond donors (Lipinski definition) is 1. The molecule has 0 spiro atoms. The third-order valence-corrected chi connectivity index (χ3v) is 5.07. The van der Waals surface area contributed by atoms with E-state index in [0.29, 0.717) is 12.0 Å². The highest BCUT2D eigenvalue weighted by Crippen LogP contribution is 2.67. The van der Waals surface area contributed by atoms with E-state index in [0.717, 1.165) is 25.2 Å². The molecule has 3 nitrogen and oxygen atoms in total. The lowest BCUT2D eigenvalue weighted by atomic mass is 9.41. The predicted molar refractivity (Wildman–Crippen MR) is 60.9 cm³/mol. The van der Waals surface area contributed by atoms with Gasteiger partial charge in [-0.25, -0.2) is 0 Å². The quantitative estimate of drug-likeness (QED) is 0.740. The van der Waals surface area contributed by atoms with Crippen LogP contribution in [0.3, 0.4) is 0 Å². The first-order valence-corrected chi connectivity index (χ1v) is 6.59. The lowest BCUT2D eigenvalue weighted by Crippen LogP contribution is -2.64. The molecule has 3 aliphatic carbocycles. The van der Waals surface area contributed by atoms with Crippen molar-refractivity contribution in [2.75, 3.05) is 19.7 Å². The molecule has 4 rings (SSSR count). The molecule has 1 heterocycles. The van der Waals surface area contributed by atoms with Crippen LogP contribution in [-0.2, 0) is 9.53 Å². The van der Waals surface area contributed by atoms with Gasteiger partial charge < -0.3 is 10.1 Å². The van der Waals surface area contributed by atoms with Gasteiger partial charge in [0, 0.05) is 0 Å². The summed E-state index contributed by atoms with van der Waals surface area (Å²) in [6.07, 6.45) is 5.82. The fourth-order valence-electron chi connectivity index (χ4n) is 4.17. The minimum atomic E-state index is -0.0795. The van der Waals surface area contributed by atoms with Crippen molar-refractivity contribution in [3.63, 3.8) is 0 Å². The van der Waals surface area contributed by atoms with Crippen LogP contribution in [0, 0.1) is 16.7 Å². The first kappa shape index (κ1) is 10.6. The van der Waals surface area contributed by atoms with E-state index < -0.39 is 0 Å². The topological polar surface area (TPSA) is 38.3 Å². The zero-order valence-corrected chi connectivity index (χ0v) is 10.1. The Kier molecular flexibility index (Phi) is 2.29. The van der Waals surface area contributed by atoms with Gasteiger partial charge in [-0.05, 0) is 57.0 Å². The Balaban J connectivity index is 1.70. The smallest absolute Gasteiger partial charge is 0.312 e. The van der Waals surface area contributed by atoms with Crippen molar-refractivity contribution in [2.24, 2.45) is 16.7 Å². The normalized spacial score (nSPS) is 42.1. The maximum atomic E-state index is 12.0. The molecule has 2 bridgehead atoms. The second-order valence-electron chi connectivity index (χ2n) is 5.93. The number of carbonyl (C=O) groups is 1. The van der Waals surface area contributed by atoms with E-state index in [1.165, 1.54) is 25.9 Å². The van der Waals surface area contributed by atoms with Crippen molar-refractivity contribution in [1.82, 2.24) is 5.32 Å². The Hall–Kier alpha value is -0.570. The van der Waals surface area contributed by atoms with Crippen LogP contribution in [0.5, 0.6) is 0 Å². The molecule has 0 unspecified atom stereocenters. The van der Waals surface area contributed by atoms with Crippen LogP contribution in [0.4, 0.5) is 0 Å². The number of rotatable bonds is 3. The van der Waals surface area contributed by atoms with Crippen molar-refractivity contribution < 1.29 is 9.53 Å². The van der Waals surface area contributed by atoms with Crippen LogP contribution in [0.15, 0.2) is 0 Å². The molecule has 3 saturated carbocycles. The van der Waals surface area contributed by atoms with Gasteiger partial charge in [0.2, 0.25) is 0 Å². The summed E-state index contributed by atoms with van der Waals surface area (Å²) in [6, 6.07) is 0. The Morgan fingerprint density at radius 2 is 2.12 bits per heavy atom. The minimum Gasteiger partial charge on any atom is -0.466 e. The third kappa shape index (κ3) is 1.27. The molecule has 1 aliphatic heterocycles. The molecule has 3 heteroatoms. The molecular formula is C13H21NO2. The van der Waals surface area contributed by atoms with Gasteiger partial charge in [0.25, 0.3) is 0 Å². The van der Waals surface area contributed by atoms with E-state index in [2.05, 4.69) is 5.32 Å². The van der Waals surface area contributed by atoms with Crippen LogP contribution in [-0.4, -0.2) is 25.7 Å². The number of fused-ring (bicyclic) bond motifs is 2. The highest BCUT2D eigenvalue weighted by molar-refractivity contribution is 5.78. The average Bonchev–Trinajstić information content (AvgIpc) is 2.14. The van der Waals surface area contributed by atoms with Crippen LogP contribution < -0.4 is 5.32 Å². The molecule has 16 heavy (non-hydrogen) atoms. The number of ether oxygens (including phenoxy) is 1. The number of nitrogens with one attached hydrogen (secondary N) is 1. The van der Waals surface area contributed by atoms with Gasteiger partial charge in [-0.3, -0.25) is 4.79 Å². The Bertz CT molecular complexity index is 303. The SMILES string of the molecule is CCOC(=O)C12CCCC(C3CNC3)(C1)C2. The number of esters is 1. The molecule has 0 amide bonds. The first-order chi connectivity index (χ1) is 7.71. The number of hydrogen-bond acceptors (Lipinski definition) is 3. The van der Waals surface area contributed by atoms with E-state index in [-0.39, 0.29) is 11.4 Å². The molecule has 90 valence electrons. The first-order valence-electron chi connectivity index (χ1n) is 6.59. The highest BCUT2D eigenvalue weighted by Gasteiger charge is 2.64. The molecule has 1 N–H and O–H groups in total. The molecule has 0 radical (unpaired) electrons. The molecule has 1 saturated heterocycles. The molecule has 0 aromatic carbocycles. The summed E-state index contributed by atoms with van der Waals surface area (Å²) in [7, 11) is 0. The van der Waals surface area contributed by atoms with Gasteiger partial charge in [0.1, 0.15) is 0 Å². The summed E-state index contributed by atoms with van der Waals surface area (Å²) in [5.74, 6) is 0.910. The Morgan fingerprint density at radius 3 is 2.69 bits per heavy atom. The van der Waals surface area contributed by atoms with Gasteiger partial charge in [-0.2, -0.15) is 0 Å². The minimum absolute atomic E-state index is 0.0795. The van der Waals surface area contributed by atoms with Crippen LogP contribution >= 0.6 is 0 Å². The predicted octanol–water partition coefficient (Wildman–Crippen LogP) is 1.72. The van der Waals surface area contributed by atoms with E-state index in [1.807, 2.05) is 6.92 Å². The van der Waals surface area contributed by atoms with Crippen LogP contribution in [0.25, 0.3) is 0 Å². The largest absolute Gasteiger partial charge is 0.466 e. The van der Waals surface area contributed by atoms with E-state index >= 15 is 0 Å². The molecular weight excluding hydrogens is 202 g/mol. The van der Waals surface area contributed by atoms with E-state index in [1.54, 1.807) is 0 Å². The fourth-order valence-corrected chi connectivity index (χ4v) is 4.17. The van der Waals surface area contributed by atoms with Crippen molar-refractivity contribution in [3.05, 3.63) is 0 Å². The summed E-state index contributed by atoms with van der Waals surface area (Å²) in [5.41, 5.74) is 0.417. The molecule has 4 aliphatic rings. The summed E-state index contributed by atoms with van der Waals surface area (Å²) in [5, 5.41) is 3.36. The summed E-state index contributed by atoms with van der Waals surface area (Å²) >= 11 is 0. The molecule has 0 aromatic heterocycles. The standard InChI is InChI=1S/C13H21NO2/c1-2-16-11(15)13-5-3-4-12(8-13,9-13)10-6-14-7-10/h10,14H,2-9H2,1H3. The van der Waals surface area contributed by atoms with Gasteiger partial charge in [-0.1, -0.05) is 6.42 Å². The summed E-state index contributed by atoms with van der Waals surface area (Å²) < 4.78 is 5.24. The van der Waals surface area contributed by atoms with Gasteiger partial charge in [0.15, 0.2) is 0 Å². The fraction of sp³-hybridized carbons (Fsp3) is 0.923. The van der Waals surface area contributed by atoms with E-state index in [9.17, 15) is 4.79 Å². The van der Waals surface area contributed by atoms with Crippen molar-refractivity contribution in [2.45, 2.75) is 39.0 Å². The van der Waals surface area contributed by atoms with E-state index in [4.69, 9.17) is 4.74 Å². The zero-order valence-electron chi connectivity index (χ0n) is 10.1. The lowest BCUT2D eigenvalue weighted by Gasteiger charge is -2.64. The molecule has 4 fully saturated rings. The second-order valence-corrected chi connectivity index (χ2v) is 5.93. The van der Waals surface area contributed by atoms with Crippen molar-refractivity contribution in [1.29, 1.82) is 0 Å². The average molecular weight is 223 g/mol. The summed E-state index contributed by atoms with van der Waals surface area (Å²) in [6.45, 7) is 4.76. The van der Waals surface area contributed by atoms with Gasteiger partial charge >= 0.3 is 5.97 Å². The number of carbonyl (C=O) groups excluding carboxylic acids is 1. The van der Waals surface area contributed by atoms with Crippen LogP contribution in [0.2, 0.25) is 0 Å². The van der Waals surface area contributed by atoms with Gasteiger partial charge in [0.05, 0.1) is 12.0 Å². The molecule has 0 aromatic rings. The Morgan fingerprint density at radius 1 is 1.38 bits per heavy atom. The van der Waals surface area contributed by atoms with Crippen molar-refractivity contribution >= 4 is 5.97 Å². The van der Waals surface area contributed by atoms with Gasteiger partial charge in [-0.15, -0.1) is 0 Å². The second kappa shape index (κ2) is 3.46. The third-order valence-electron chi connectivity index (χ3n) is 5.07. The monoisotopic (exact) mass is 223 g/mol. The maximum Gasteiger partial charge on any atom is 0.312 e. The molecule has 0 atom stereocenters. The summed E-state index contributed by atoms with van der Waals surface area (Å²) in [4.78, 5) is 12.0. The zero-order chi connectivity index (χ0) is 11.2. The highest BCUT2D eigenvalue weighted by atomic mass is 16.5.